The Morgan fingerprint density at radius 2 is 1.64 bits per heavy atom. The summed E-state index contributed by atoms with van der Waals surface area (Å²) in [6.45, 7) is 4.24. The van der Waals surface area contributed by atoms with E-state index in [0.717, 1.165) is 17.0 Å². The monoisotopic (exact) mass is 482 g/mol. The fourth-order valence-corrected chi connectivity index (χ4v) is 4.53. The molecule has 8 nitrogen and oxygen atoms in total. The topological polar surface area (TPSA) is 108 Å². The maximum atomic E-state index is 14.3. The number of amides is 2. The van der Waals surface area contributed by atoms with E-state index in [-0.39, 0.29) is 17.1 Å². The predicted molar refractivity (Wildman–Crippen MR) is 115 cm³/mol. The first-order valence-electron chi connectivity index (χ1n) is 9.76. The number of sulfonamides is 1. The van der Waals surface area contributed by atoms with E-state index < -0.39 is 44.6 Å². The zero-order chi connectivity index (χ0) is 24.6. The van der Waals surface area contributed by atoms with Gasteiger partial charge in [0.05, 0.1) is 4.90 Å². The predicted octanol–water partition coefficient (Wildman–Crippen LogP) is 2.88. The highest BCUT2D eigenvalue weighted by Crippen LogP contribution is 2.40. The number of amidine groups is 1. The van der Waals surface area contributed by atoms with Gasteiger partial charge in [0.1, 0.15) is 5.84 Å². The van der Waals surface area contributed by atoms with Crippen LogP contribution in [-0.2, 0) is 19.6 Å². The fraction of sp³-hybridized carbons (Fsp3) is 0.286. The lowest BCUT2D eigenvalue weighted by molar-refractivity contribution is -0.194. The van der Waals surface area contributed by atoms with Gasteiger partial charge >= 0.3 is 11.8 Å². The van der Waals surface area contributed by atoms with E-state index in [1.165, 1.54) is 49.8 Å². The van der Waals surface area contributed by atoms with Gasteiger partial charge in [0.2, 0.25) is 15.9 Å². The minimum Gasteiger partial charge on any atom is -0.326 e. The Balaban J connectivity index is 2.10. The molecule has 0 saturated carbocycles. The summed E-state index contributed by atoms with van der Waals surface area (Å²) in [5, 5.41) is 2.42. The molecule has 1 heterocycles. The second-order valence-corrected chi connectivity index (χ2v) is 9.27. The maximum absolute atomic E-state index is 14.3. The summed E-state index contributed by atoms with van der Waals surface area (Å²) in [7, 11) is -4.86. The van der Waals surface area contributed by atoms with E-state index in [1.54, 1.807) is 18.2 Å². The third-order valence-electron chi connectivity index (χ3n) is 4.76. The summed E-state index contributed by atoms with van der Waals surface area (Å²) >= 11 is 0. The summed E-state index contributed by atoms with van der Waals surface area (Å²) < 4.78 is 70.3. The van der Waals surface area contributed by atoms with Gasteiger partial charge in [-0.2, -0.15) is 17.9 Å². The molecule has 2 aromatic rings. The number of alkyl halides is 3. The van der Waals surface area contributed by atoms with Gasteiger partial charge in [0, 0.05) is 24.2 Å². The lowest BCUT2D eigenvalue weighted by Crippen LogP contribution is -2.63. The van der Waals surface area contributed by atoms with E-state index in [1.807, 2.05) is 0 Å². The third-order valence-corrected chi connectivity index (χ3v) is 6.21. The summed E-state index contributed by atoms with van der Waals surface area (Å²) in [5.74, 6) is -2.26. The van der Waals surface area contributed by atoms with E-state index in [9.17, 15) is 31.2 Å². The van der Waals surface area contributed by atoms with Crippen molar-refractivity contribution in [1.82, 2.24) is 9.62 Å². The normalized spacial score (nSPS) is 19.1. The van der Waals surface area contributed by atoms with Crippen LogP contribution in [0.1, 0.15) is 26.3 Å². The van der Waals surface area contributed by atoms with Crippen molar-refractivity contribution in [3.05, 3.63) is 60.2 Å². The molecule has 0 aromatic heterocycles. The molecular formula is C21H21F3N4O4S. The average Bonchev–Trinajstić information content (AvgIpc) is 3.01. The zero-order valence-electron chi connectivity index (χ0n) is 17.8. The van der Waals surface area contributed by atoms with E-state index in [0.29, 0.717) is 0 Å². The number of aliphatic imine (C=N–C) groups is 1. The van der Waals surface area contributed by atoms with Gasteiger partial charge in [-0.05, 0) is 38.1 Å². The van der Waals surface area contributed by atoms with Crippen molar-refractivity contribution in [2.24, 2.45) is 4.99 Å². The second kappa shape index (κ2) is 8.60. The molecule has 0 radical (unpaired) electrons. The zero-order valence-corrected chi connectivity index (χ0v) is 18.7. The molecule has 1 atom stereocenters. The minimum atomic E-state index is -5.38. The van der Waals surface area contributed by atoms with Crippen LogP contribution in [-0.4, -0.2) is 48.8 Å². The van der Waals surface area contributed by atoms with Gasteiger partial charge in [-0.3, -0.25) is 14.5 Å². The van der Waals surface area contributed by atoms with Gasteiger partial charge < -0.3 is 5.32 Å². The largest absolute Gasteiger partial charge is 0.437 e. The van der Waals surface area contributed by atoms with Crippen molar-refractivity contribution in [3.8, 4) is 0 Å². The Kier molecular flexibility index (Phi) is 6.35. The first kappa shape index (κ1) is 24.4. The lowest BCUT2D eigenvalue weighted by atomic mass is 10.1. The van der Waals surface area contributed by atoms with Crippen LogP contribution in [0, 0.1) is 0 Å². The molecule has 0 unspecified atom stereocenters. The molecule has 176 valence electrons. The quantitative estimate of drug-likeness (QED) is 0.660. The van der Waals surface area contributed by atoms with Gasteiger partial charge in [0.25, 0.3) is 5.91 Å². The number of carbonyl (C=O) groups excluding carboxylic acids is 2. The molecule has 2 amide bonds. The Labute approximate surface area is 188 Å². The summed E-state index contributed by atoms with van der Waals surface area (Å²) in [4.78, 5) is 28.1. The molecule has 0 fully saturated rings. The van der Waals surface area contributed by atoms with Crippen LogP contribution in [0.3, 0.4) is 0 Å². The number of carbonyl (C=O) groups is 2. The molecule has 12 heteroatoms. The molecule has 0 aliphatic carbocycles. The highest BCUT2D eigenvalue weighted by molar-refractivity contribution is 7.89. The molecule has 1 aliphatic heterocycles. The van der Waals surface area contributed by atoms with E-state index in [4.69, 9.17) is 0 Å². The SMILES string of the molecule is CC(=O)Nc1ccc(S(=O)(=O)N[C@]2(C(F)(F)F)N=C(c3ccccc3)N(C(C)C)C2=O)cc1. The standard InChI is InChI=1S/C21H21F3N4O4S/c1-13(2)28-18(15-7-5-4-6-8-15)26-20(19(28)30,21(22,23)24)27-33(31,32)17-11-9-16(10-12-17)25-14(3)29/h4-13,27H,1-3H3,(H,25,29)/t20-/m1/s1. The molecule has 0 bridgehead atoms. The molecule has 2 N–H and O–H groups in total. The van der Waals surface area contributed by atoms with Crippen LogP contribution in [0.15, 0.2) is 64.5 Å². The Morgan fingerprint density at radius 3 is 2.12 bits per heavy atom. The van der Waals surface area contributed by atoms with Crippen molar-refractivity contribution in [2.75, 3.05) is 5.32 Å². The van der Waals surface area contributed by atoms with Crippen molar-refractivity contribution in [1.29, 1.82) is 0 Å². The fourth-order valence-electron chi connectivity index (χ4n) is 3.28. The Morgan fingerprint density at radius 1 is 1.06 bits per heavy atom. The third kappa shape index (κ3) is 4.62. The van der Waals surface area contributed by atoms with Crippen molar-refractivity contribution < 1.29 is 31.2 Å². The Bertz CT molecular complexity index is 1200. The second-order valence-electron chi connectivity index (χ2n) is 7.59. The van der Waals surface area contributed by atoms with Crippen LogP contribution >= 0.6 is 0 Å². The smallest absolute Gasteiger partial charge is 0.326 e. The van der Waals surface area contributed by atoms with Crippen molar-refractivity contribution in [2.45, 2.75) is 43.5 Å². The van der Waals surface area contributed by atoms with Crippen LogP contribution in [0.25, 0.3) is 0 Å². The number of anilines is 1. The van der Waals surface area contributed by atoms with Gasteiger partial charge in [-0.1, -0.05) is 30.3 Å². The average molecular weight is 482 g/mol. The molecular weight excluding hydrogens is 461 g/mol. The number of nitrogens with zero attached hydrogens (tertiary/aromatic N) is 2. The molecule has 33 heavy (non-hydrogen) atoms. The molecule has 0 spiro atoms. The summed E-state index contributed by atoms with van der Waals surface area (Å²) in [6.07, 6.45) is -5.38. The number of hydrogen-bond acceptors (Lipinski definition) is 5. The first-order valence-corrected chi connectivity index (χ1v) is 11.2. The van der Waals surface area contributed by atoms with Crippen LogP contribution < -0.4 is 10.0 Å². The molecule has 0 saturated heterocycles. The van der Waals surface area contributed by atoms with E-state index >= 15 is 0 Å². The number of hydrogen-bond donors (Lipinski definition) is 2. The highest BCUT2D eigenvalue weighted by atomic mass is 32.2. The Hall–Kier alpha value is -3.25. The number of benzene rings is 2. The van der Waals surface area contributed by atoms with Crippen LogP contribution in [0.5, 0.6) is 0 Å². The van der Waals surface area contributed by atoms with Gasteiger partial charge in [-0.15, -0.1) is 0 Å². The number of nitrogens with one attached hydrogen (secondary N) is 2. The van der Waals surface area contributed by atoms with E-state index in [2.05, 4.69) is 10.3 Å². The summed E-state index contributed by atoms with van der Waals surface area (Å²) in [5.41, 5.74) is -3.26. The first-order chi connectivity index (χ1) is 15.3. The van der Waals surface area contributed by atoms with Gasteiger partial charge in [-0.25, -0.2) is 13.4 Å². The minimum absolute atomic E-state index is 0.226. The van der Waals surface area contributed by atoms with Crippen LogP contribution in [0.4, 0.5) is 18.9 Å². The van der Waals surface area contributed by atoms with Gasteiger partial charge in [0.15, 0.2) is 0 Å². The number of halogens is 3. The van der Waals surface area contributed by atoms with Crippen LogP contribution in [0.2, 0.25) is 0 Å². The molecule has 3 rings (SSSR count). The molecule has 1 aliphatic rings. The molecule has 2 aromatic carbocycles. The van der Waals surface area contributed by atoms with Crippen molar-refractivity contribution in [3.63, 3.8) is 0 Å². The highest BCUT2D eigenvalue weighted by Gasteiger charge is 2.68. The number of rotatable bonds is 6. The summed E-state index contributed by atoms with van der Waals surface area (Å²) in [6, 6.07) is 11.4. The van der Waals surface area contributed by atoms with Crippen molar-refractivity contribution >= 4 is 33.4 Å². The maximum Gasteiger partial charge on any atom is 0.437 e. The lowest BCUT2D eigenvalue weighted by Gasteiger charge is -2.30.